The van der Waals surface area contributed by atoms with Crippen molar-refractivity contribution in [3.05, 3.63) is 60.4 Å². The van der Waals surface area contributed by atoms with E-state index in [1.807, 2.05) is 41.3 Å². The maximum absolute atomic E-state index is 12.7. The lowest BCUT2D eigenvalue weighted by Gasteiger charge is -2.31. The molecule has 29 heavy (non-hydrogen) atoms. The van der Waals surface area contributed by atoms with Gasteiger partial charge in [0.2, 0.25) is 5.91 Å². The molecule has 150 valence electrons. The van der Waals surface area contributed by atoms with Crippen molar-refractivity contribution < 1.29 is 9.59 Å². The number of anilines is 1. The van der Waals surface area contributed by atoms with Crippen molar-refractivity contribution in [1.29, 1.82) is 0 Å². The highest BCUT2D eigenvalue weighted by molar-refractivity contribution is 6.04. The number of aromatic nitrogens is 5. The van der Waals surface area contributed by atoms with E-state index in [1.54, 1.807) is 18.3 Å². The third-order valence-electron chi connectivity index (χ3n) is 5.32. The van der Waals surface area contributed by atoms with Crippen LogP contribution >= 0.6 is 0 Å². The van der Waals surface area contributed by atoms with Crippen LogP contribution in [0.5, 0.6) is 0 Å². The summed E-state index contributed by atoms with van der Waals surface area (Å²) in [6, 6.07) is 11.3. The number of piperidine rings is 1. The quantitative estimate of drug-likeness (QED) is 0.711. The van der Waals surface area contributed by atoms with Crippen molar-refractivity contribution >= 4 is 17.5 Å². The summed E-state index contributed by atoms with van der Waals surface area (Å²) < 4.78 is 1.53. The average molecular weight is 393 g/mol. The van der Waals surface area contributed by atoms with Gasteiger partial charge in [0.15, 0.2) is 5.69 Å². The number of likely N-dealkylation sites (tertiary alicyclic amines) is 1. The van der Waals surface area contributed by atoms with Gasteiger partial charge in [-0.2, -0.15) is 10.2 Å². The summed E-state index contributed by atoms with van der Waals surface area (Å²) in [6.07, 6.45) is 4.62. The number of nitrogens with zero attached hydrogens (tertiary/aromatic N) is 6. The van der Waals surface area contributed by atoms with E-state index in [-0.39, 0.29) is 24.3 Å². The Morgan fingerprint density at radius 2 is 1.97 bits per heavy atom. The second-order valence-electron chi connectivity index (χ2n) is 7.16. The molecule has 2 amide bonds. The molecule has 1 aliphatic heterocycles. The lowest BCUT2D eigenvalue weighted by molar-refractivity contribution is -0.133. The average Bonchev–Trinajstić information content (AvgIpc) is 3.46. The van der Waals surface area contributed by atoms with Gasteiger partial charge in [-0.05, 0) is 31.0 Å². The molecule has 0 unspecified atom stereocenters. The standard InChI is InChI=1S/C20H23N7O2/c1-25(16-5-3-2-4-6-16)20(29)18-11-17(23-24-18)15-7-9-26(10-8-15)19(28)12-27-14-21-13-22-27/h2-6,11,13-15H,7-10,12H2,1H3,(H,23,24). The van der Waals surface area contributed by atoms with Crippen LogP contribution in [0, 0.1) is 0 Å². The molecule has 0 atom stereocenters. The molecule has 3 aromatic rings. The Hall–Kier alpha value is -3.49. The van der Waals surface area contributed by atoms with E-state index in [4.69, 9.17) is 0 Å². The van der Waals surface area contributed by atoms with E-state index in [1.165, 1.54) is 11.0 Å². The zero-order chi connectivity index (χ0) is 20.2. The minimum atomic E-state index is -0.154. The number of amides is 2. The number of carbonyl (C=O) groups is 2. The number of hydrogen-bond acceptors (Lipinski definition) is 5. The van der Waals surface area contributed by atoms with Gasteiger partial charge >= 0.3 is 0 Å². The Morgan fingerprint density at radius 3 is 2.66 bits per heavy atom. The molecule has 0 aliphatic carbocycles. The molecule has 1 N–H and O–H groups in total. The van der Waals surface area contributed by atoms with Crippen molar-refractivity contribution in [2.45, 2.75) is 25.3 Å². The van der Waals surface area contributed by atoms with Gasteiger partial charge < -0.3 is 9.80 Å². The molecule has 2 aromatic heterocycles. The molecule has 0 bridgehead atoms. The van der Waals surface area contributed by atoms with Crippen LogP contribution < -0.4 is 4.90 Å². The fourth-order valence-electron chi connectivity index (χ4n) is 3.59. The van der Waals surface area contributed by atoms with E-state index in [2.05, 4.69) is 20.3 Å². The van der Waals surface area contributed by atoms with Crippen LogP contribution in [0.25, 0.3) is 0 Å². The lowest BCUT2D eigenvalue weighted by Crippen LogP contribution is -2.39. The molecule has 1 saturated heterocycles. The van der Waals surface area contributed by atoms with Crippen molar-refractivity contribution in [3.8, 4) is 0 Å². The Labute approximate surface area is 168 Å². The summed E-state index contributed by atoms with van der Waals surface area (Å²) in [5.41, 5.74) is 2.16. The van der Waals surface area contributed by atoms with Gasteiger partial charge in [-0.15, -0.1) is 0 Å². The van der Waals surface area contributed by atoms with Gasteiger partial charge in [0.25, 0.3) is 5.91 Å². The van der Waals surface area contributed by atoms with Crippen LogP contribution in [0.1, 0.15) is 34.9 Å². The van der Waals surface area contributed by atoms with Crippen molar-refractivity contribution in [1.82, 2.24) is 29.9 Å². The van der Waals surface area contributed by atoms with Crippen LogP contribution in [-0.4, -0.2) is 61.8 Å². The number of benzene rings is 1. The van der Waals surface area contributed by atoms with Crippen LogP contribution in [0.4, 0.5) is 5.69 Å². The molecule has 0 radical (unpaired) electrons. The fourth-order valence-corrected chi connectivity index (χ4v) is 3.59. The zero-order valence-corrected chi connectivity index (χ0v) is 16.2. The highest BCUT2D eigenvalue weighted by Gasteiger charge is 2.26. The normalized spacial score (nSPS) is 14.7. The van der Waals surface area contributed by atoms with E-state index in [9.17, 15) is 9.59 Å². The summed E-state index contributed by atoms with van der Waals surface area (Å²) in [5, 5.41) is 11.2. The Morgan fingerprint density at radius 1 is 1.21 bits per heavy atom. The van der Waals surface area contributed by atoms with Crippen LogP contribution in [0.3, 0.4) is 0 Å². The summed E-state index contributed by atoms with van der Waals surface area (Å²) in [7, 11) is 1.74. The van der Waals surface area contributed by atoms with E-state index < -0.39 is 0 Å². The van der Waals surface area contributed by atoms with E-state index in [0.717, 1.165) is 24.2 Å². The maximum atomic E-state index is 12.7. The maximum Gasteiger partial charge on any atom is 0.278 e. The van der Waals surface area contributed by atoms with Crippen LogP contribution in [0.2, 0.25) is 0 Å². The fraction of sp³-hybridized carbons (Fsp3) is 0.350. The smallest absolute Gasteiger partial charge is 0.278 e. The summed E-state index contributed by atoms with van der Waals surface area (Å²) >= 11 is 0. The number of carbonyl (C=O) groups excluding carboxylic acids is 2. The number of rotatable bonds is 5. The predicted octanol–water partition coefficient (Wildman–Crippen LogP) is 1.68. The Kier molecular flexibility index (Phi) is 5.37. The van der Waals surface area contributed by atoms with Gasteiger partial charge in [0.05, 0.1) is 0 Å². The number of nitrogens with one attached hydrogen (secondary N) is 1. The van der Waals surface area contributed by atoms with Gasteiger partial charge in [-0.1, -0.05) is 18.2 Å². The van der Waals surface area contributed by atoms with Gasteiger partial charge in [0.1, 0.15) is 19.2 Å². The molecule has 4 rings (SSSR count). The van der Waals surface area contributed by atoms with Crippen LogP contribution in [0.15, 0.2) is 49.1 Å². The number of hydrogen-bond donors (Lipinski definition) is 1. The van der Waals surface area contributed by atoms with E-state index in [0.29, 0.717) is 18.8 Å². The topological polar surface area (TPSA) is 100 Å². The lowest BCUT2D eigenvalue weighted by atomic mass is 9.93. The Bertz CT molecular complexity index is 960. The number of H-pyrrole nitrogens is 1. The molecule has 0 saturated carbocycles. The van der Waals surface area contributed by atoms with Gasteiger partial charge in [-0.3, -0.25) is 14.7 Å². The minimum Gasteiger partial charge on any atom is -0.341 e. The highest BCUT2D eigenvalue weighted by atomic mass is 16.2. The van der Waals surface area contributed by atoms with Gasteiger partial charge in [0, 0.05) is 37.4 Å². The molecule has 9 heteroatoms. The van der Waals surface area contributed by atoms with Crippen molar-refractivity contribution in [2.24, 2.45) is 0 Å². The van der Waals surface area contributed by atoms with E-state index >= 15 is 0 Å². The molecular weight excluding hydrogens is 370 g/mol. The monoisotopic (exact) mass is 393 g/mol. The number of para-hydroxylation sites is 1. The first kappa shape index (κ1) is 18.9. The third kappa shape index (κ3) is 4.18. The zero-order valence-electron chi connectivity index (χ0n) is 16.2. The molecule has 9 nitrogen and oxygen atoms in total. The molecule has 1 aromatic carbocycles. The minimum absolute atomic E-state index is 0.0407. The first-order chi connectivity index (χ1) is 14.1. The largest absolute Gasteiger partial charge is 0.341 e. The molecule has 1 fully saturated rings. The van der Waals surface area contributed by atoms with Gasteiger partial charge in [-0.25, -0.2) is 9.67 Å². The molecular formula is C20H23N7O2. The first-order valence-electron chi connectivity index (χ1n) is 9.60. The van der Waals surface area contributed by atoms with Crippen molar-refractivity contribution in [2.75, 3.05) is 25.0 Å². The van der Waals surface area contributed by atoms with Crippen molar-refractivity contribution in [3.63, 3.8) is 0 Å². The second kappa shape index (κ2) is 8.26. The summed E-state index contributed by atoms with van der Waals surface area (Å²) in [5.74, 6) is 0.138. The Balaban J connectivity index is 1.34. The summed E-state index contributed by atoms with van der Waals surface area (Å²) in [4.78, 5) is 32.4. The number of aromatic amines is 1. The summed E-state index contributed by atoms with van der Waals surface area (Å²) in [6.45, 7) is 1.55. The highest BCUT2D eigenvalue weighted by Crippen LogP contribution is 2.27. The molecule has 1 aliphatic rings. The second-order valence-corrected chi connectivity index (χ2v) is 7.16. The SMILES string of the molecule is CN(C(=O)c1cc(C2CCN(C(=O)Cn3cncn3)CC2)[nH]n1)c1ccccc1. The van der Waals surface area contributed by atoms with Crippen LogP contribution in [-0.2, 0) is 11.3 Å². The first-order valence-corrected chi connectivity index (χ1v) is 9.60. The molecule has 0 spiro atoms. The predicted molar refractivity (Wildman–Crippen MR) is 106 cm³/mol. The third-order valence-corrected chi connectivity index (χ3v) is 5.32. The molecule has 3 heterocycles.